The second kappa shape index (κ2) is 9.56. The molecule has 3 aromatic carbocycles. The first-order chi connectivity index (χ1) is 15.6. The smallest absolute Gasteiger partial charge is 0.251 e. The maximum atomic E-state index is 12.9. The predicted molar refractivity (Wildman–Crippen MR) is 125 cm³/mol. The van der Waals surface area contributed by atoms with E-state index < -0.39 is 0 Å². The molecule has 1 atom stereocenters. The van der Waals surface area contributed by atoms with Crippen LogP contribution in [-0.2, 0) is 6.54 Å². The predicted octanol–water partition coefficient (Wildman–Crippen LogP) is 4.98. The summed E-state index contributed by atoms with van der Waals surface area (Å²) in [5, 5.41) is 8.58. The van der Waals surface area contributed by atoms with E-state index in [0.29, 0.717) is 18.7 Å². The van der Waals surface area contributed by atoms with Gasteiger partial charge in [0.05, 0.1) is 38.0 Å². The van der Waals surface area contributed by atoms with Crippen molar-refractivity contribution in [3.63, 3.8) is 0 Å². The molecule has 0 fully saturated rings. The zero-order chi connectivity index (χ0) is 22.5. The molecule has 6 heteroatoms. The van der Waals surface area contributed by atoms with E-state index in [0.717, 1.165) is 33.5 Å². The second-order valence-electron chi connectivity index (χ2n) is 7.62. The number of fused-ring (bicyclic) bond motifs is 1. The lowest BCUT2D eigenvalue weighted by molar-refractivity contribution is 0.0940. The maximum absolute atomic E-state index is 12.9. The minimum Gasteiger partial charge on any atom is -0.497 e. The number of methoxy groups -OCH3 is 1. The third-order valence-corrected chi connectivity index (χ3v) is 5.41. The summed E-state index contributed by atoms with van der Waals surface area (Å²) in [7, 11) is 1.65. The Balaban J connectivity index is 1.51. The Morgan fingerprint density at radius 1 is 1.06 bits per heavy atom. The van der Waals surface area contributed by atoms with E-state index in [1.807, 2.05) is 91.5 Å². The van der Waals surface area contributed by atoms with Crippen LogP contribution in [0.4, 0.5) is 0 Å². The second-order valence-corrected chi connectivity index (χ2v) is 7.62. The van der Waals surface area contributed by atoms with Gasteiger partial charge >= 0.3 is 0 Å². The van der Waals surface area contributed by atoms with Gasteiger partial charge in [0, 0.05) is 10.9 Å². The summed E-state index contributed by atoms with van der Waals surface area (Å²) >= 11 is 0. The van der Waals surface area contributed by atoms with Gasteiger partial charge in [0.2, 0.25) is 0 Å². The van der Waals surface area contributed by atoms with Crippen molar-refractivity contribution < 1.29 is 14.3 Å². The summed E-state index contributed by atoms with van der Waals surface area (Å²) in [4.78, 5) is 12.9. The molecule has 0 bridgehead atoms. The number of nitrogens with one attached hydrogen (secondary N) is 1. The molecule has 0 saturated heterocycles. The zero-order valence-electron chi connectivity index (χ0n) is 18.5. The van der Waals surface area contributed by atoms with E-state index in [4.69, 9.17) is 9.47 Å². The summed E-state index contributed by atoms with van der Waals surface area (Å²) in [5.74, 6) is 1.51. The fraction of sp³-hybridized carbons (Fsp3) is 0.231. The number of carbonyl (C=O) groups excluding carboxylic acids is 1. The molecule has 32 heavy (non-hydrogen) atoms. The number of hydrogen-bond acceptors (Lipinski definition) is 4. The van der Waals surface area contributed by atoms with Gasteiger partial charge in [-0.2, -0.15) is 5.10 Å². The monoisotopic (exact) mass is 429 g/mol. The van der Waals surface area contributed by atoms with Crippen LogP contribution in [0, 0.1) is 0 Å². The fourth-order valence-electron chi connectivity index (χ4n) is 3.66. The molecular weight excluding hydrogens is 402 g/mol. The van der Waals surface area contributed by atoms with Crippen LogP contribution in [0.2, 0.25) is 0 Å². The Labute approximate surface area is 187 Å². The van der Waals surface area contributed by atoms with E-state index in [1.54, 1.807) is 7.11 Å². The molecule has 1 amide bonds. The maximum Gasteiger partial charge on any atom is 0.251 e. The van der Waals surface area contributed by atoms with Crippen LogP contribution in [0.1, 0.15) is 41.4 Å². The molecule has 1 heterocycles. The van der Waals surface area contributed by atoms with Gasteiger partial charge < -0.3 is 14.8 Å². The molecule has 1 N–H and O–H groups in total. The molecule has 0 unspecified atom stereocenters. The lowest BCUT2D eigenvalue weighted by Crippen LogP contribution is -2.26. The van der Waals surface area contributed by atoms with Crippen LogP contribution in [0.15, 0.2) is 72.9 Å². The number of amides is 1. The highest BCUT2D eigenvalue weighted by atomic mass is 16.5. The average Bonchev–Trinajstić information content (AvgIpc) is 3.21. The van der Waals surface area contributed by atoms with Crippen molar-refractivity contribution in [3.8, 4) is 11.5 Å². The first kappa shape index (κ1) is 21.4. The first-order valence-corrected chi connectivity index (χ1v) is 10.7. The van der Waals surface area contributed by atoms with Gasteiger partial charge in [-0.1, -0.05) is 30.3 Å². The van der Waals surface area contributed by atoms with Crippen molar-refractivity contribution in [1.82, 2.24) is 15.1 Å². The number of carbonyl (C=O) groups is 1. The lowest BCUT2D eigenvalue weighted by atomic mass is 10.1. The molecule has 0 radical (unpaired) electrons. The molecule has 6 nitrogen and oxygen atoms in total. The van der Waals surface area contributed by atoms with Crippen molar-refractivity contribution in [2.24, 2.45) is 0 Å². The van der Waals surface area contributed by atoms with Gasteiger partial charge in [-0.25, -0.2) is 0 Å². The van der Waals surface area contributed by atoms with Crippen LogP contribution in [0.3, 0.4) is 0 Å². The topological polar surface area (TPSA) is 65.4 Å². The van der Waals surface area contributed by atoms with Crippen molar-refractivity contribution in [2.75, 3.05) is 13.7 Å². The molecule has 0 saturated carbocycles. The van der Waals surface area contributed by atoms with Gasteiger partial charge in [0.1, 0.15) is 11.5 Å². The first-order valence-electron chi connectivity index (χ1n) is 10.7. The summed E-state index contributed by atoms with van der Waals surface area (Å²) in [6.45, 7) is 5.15. The molecule has 0 aliphatic rings. The highest BCUT2D eigenvalue weighted by Crippen LogP contribution is 2.21. The normalized spacial score (nSPS) is 11.8. The number of rotatable bonds is 8. The summed E-state index contributed by atoms with van der Waals surface area (Å²) in [5.41, 5.74) is 3.61. The van der Waals surface area contributed by atoms with E-state index in [-0.39, 0.29) is 11.9 Å². The SMILES string of the molecule is CCOc1ccc([C@H](C)NC(=O)c2ccc3cnn(Cc4cccc(OC)c4)c3c2)cc1. The van der Waals surface area contributed by atoms with Crippen LogP contribution in [0.25, 0.3) is 10.9 Å². The van der Waals surface area contributed by atoms with Crippen molar-refractivity contribution >= 4 is 16.8 Å². The molecule has 1 aromatic heterocycles. The number of benzene rings is 3. The largest absolute Gasteiger partial charge is 0.497 e. The van der Waals surface area contributed by atoms with Crippen molar-refractivity contribution in [1.29, 1.82) is 0 Å². The molecule has 4 rings (SSSR count). The minimum absolute atomic E-state index is 0.123. The standard InChI is InChI=1S/C26H27N3O3/c1-4-32-23-12-10-20(11-13-23)18(2)28-26(30)21-8-9-22-16-27-29(25(22)15-21)17-19-6-5-7-24(14-19)31-3/h5-16,18H,4,17H2,1-3H3,(H,28,30)/t18-/m0/s1. The third-order valence-electron chi connectivity index (χ3n) is 5.41. The van der Waals surface area contributed by atoms with E-state index in [1.165, 1.54) is 0 Å². The quantitative estimate of drug-likeness (QED) is 0.429. The van der Waals surface area contributed by atoms with E-state index in [2.05, 4.69) is 10.4 Å². The molecule has 0 spiro atoms. The Hall–Kier alpha value is -3.80. The summed E-state index contributed by atoms with van der Waals surface area (Å²) in [6, 6.07) is 21.2. The van der Waals surface area contributed by atoms with E-state index >= 15 is 0 Å². The van der Waals surface area contributed by atoms with Crippen LogP contribution >= 0.6 is 0 Å². The van der Waals surface area contributed by atoms with E-state index in [9.17, 15) is 4.79 Å². The Kier molecular flexibility index (Phi) is 6.40. The van der Waals surface area contributed by atoms with Gasteiger partial charge in [-0.15, -0.1) is 0 Å². The van der Waals surface area contributed by atoms with Gasteiger partial charge in [0.15, 0.2) is 0 Å². The number of ether oxygens (including phenoxy) is 2. The molecular formula is C26H27N3O3. The van der Waals surface area contributed by atoms with Crippen molar-refractivity contribution in [2.45, 2.75) is 26.4 Å². The summed E-state index contributed by atoms with van der Waals surface area (Å²) in [6.07, 6.45) is 1.82. The average molecular weight is 430 g/mol. The van der Waals surface area contributed by atoms with Gasteiger partial charge in [0.25, 0.3) is 5.91 Å². The Morgan fingerprint density at radius 3 is 2.62 bits per heavy atom. The Morgan fingerprint density at radius 2 is 1.88 bits per heavy atom. The van der Waals surface area contributed by atoms with Gasteiger partial charge in [-0.3, -0.25) is 9.48 Å². The highest BCUT2D eigenvalue weighted by Gasteiger charge is 2.14. The summed E-state index contributed by atoms with van der Waals surface area (Å²) < 4.78 is 12.7. The molecule has 164 valence electrons. The van der Waals surface area contributed by atoms with Crippen molar-refractivity contribution in [3.05, 3.63) is 89.6 Å². The highest BCUT2D eigenvalue weighted by molar-refractivity contribution is 5.98. The van der Waals surface area contributed by atoms with Crippen LogP contribution in [-0.4, -0.2) is 29.4 Å². The Bertz CT molecular complexity index is 1210. The van der Waals surface area contributed by atoms with Gasteiger partial charge in [-0.05, 0) is 61.4 Å². The third kappa shape index (κ3) is 4.75. The lowest BCUT2D eigenvalue weighted by Gasteiger charge is -2.15. The molecule has 4 aromatic rings. The van der Waals surface area contributed by atoms with Crippen LogP contribution in [0.5, 0.6) is 11.5 Å². The fourth-order valence-corrected chi connectivity index (χ4v) is 3.66. The number of nitrogens with zero attached hydrogens (tertiary/aromatic N) is 2. The molecule has 0 aliphatic heterocycles. The zero-order valence-corrected chi connectivity index (χ0v) is 18.5. The minimum atomic E-state index is -0.129. The number of aromatic nitrogens is 2. The molecule has 0 aliphatic carbocycles. The number of hydrogen-bond donors (Lipinski definition) is 1. The van der Waals surface area contributed by atoms with Crippen LogP contribution < -0.4 is 14.8 Å².